The first-order valence-corrected chi connectivity index (χ1v) is 19.3. The molecular weight excluding hydrogens is 687 g/mol. The van der Waals surface area contributed by atoms with E-state index >= 15 is 0 Å². The van der Waals surface area contributed by atoms with Crippen molar-refractivity contribution in [3.05, 3.63) is 127 Å². The second-order valence-electron chi connectivity index (χ2n) is 12.3. The van der Waals surface area contributed by atoms with Crippen LogP contribution in [0.5, 0.6) is 17.2 Å². The SMILES string of the molecule is CSc1sc(-c2ccnc(Nc3cccc(OCCCN4CCN(Cc5ccncc5)CC4)c3)n2)c(-c2cccc(Oc3ccccc3)c2)c1C#N. The smallest absolute Gasteiger partial charge is 0.227 e. The molecule has 0 radical (unpaired) electrons. The monoisotopic (exact) mass is 725 g/mol. The molecule has 0 bridgehead atoms. The molecule has 11 heteroatoms. The van der Waals surface area contributed by atoms with Crippen LogP contribution in [0.2, 0.25) is 0 Å². The average Bonchev–Trinajstić information content (AvgIpc) is 3.57. The molecule has 3 aromatic carbocycles. The molecule has 1 aliphatic rings. The summed E-state index contributed by atoms with van der Waals surface area (Å²) in [7, 11) is 0. The van der Waals surface area contributed by atoms with Crippen molar-refractivity contribution in [1.29, 1.82) is 5.26 Å². The summed E-state index contributed by atoms with van der Waals surface area (Å²) in [5.41, 5.74) is 5.23. The zero-order valence-corrected chi connectivity index (χ0v) is 30.6. The van der Waals surface area contributed by atoms with E-state index in [1.807, 2.05) is 104 Å². The van der Waals surface area contributed by atoms with E-state index in [2.05, 4.69) is 43.3 Å². The van der Waals surface area contributed by atoms with Gasteiger partial charge in [-0.15, -0.1) is 23.1 Å². The molecule has 1 aliphatic heterocycles. The largest absolute Gasteiger partial charge is 0.493 e. The Balaban J connectivity index is 0.984. The third kappa shape index (κ3) is 8.96. The molecule has 0 spiro atoms. The van der Waals surface area contributed by atoms with Crippen LogP contribution in [0, 0.1) is 11.3 Å². The normalized spacial score (nSPS) is 13.4. The molecule has 9 nitrogen and oxygen atoms in total. The van der Waals surface area contributed by atoms with Gasteiger partial charge in [-0.05, 0) is 78.4 Å². The molecule has 0 atom stereocenters. The van der Waals surface area contributed by atoms with Gasteiger partial charge in [-0.1, -0.05) is 36.4 Å². The fourth-order valence-corrected chi connectivity index (χ4v) is 8.10. The van der Waals surface area contributed by atoms with Crippen molar-refractivity contribution in [2.24, 2.45) is 0 Å². The van der Waals surface area contributed by atoms with Gasteiger partial charge in [0.15, 0.2) is 0 Å². The van der Waals surface area contributed by atoms with Gasteiger partial charge in [0.1, 0.15) is 23.3 Å². The minimum Gasteiger partial charge on any atom is -0.493 e. The lowest BCUT2D eigenvalue weighted by Crippen LogP contribution is -2.46. The van der Waals surface area contributed by atoms with Crippen LogP contribution in [-0.2, 0) is 6.54 Å². The number of benzene rings is 3. The molecule has 6 aromatic rings. The highest BCUT2D eigenvalue weighted by Crippen LogP contribution is 2.46. The maximum atomic E-state index is 10.3. The van der Waals surface area contributed by atoms with Gasteiger partial charge < -0.3 is 19.7 Å². The standard InChI is InChI=1S/C41H39N7O2S2/c1-51-40-36(28-42)38(31-8-5-13-35(26-31)50-33-10-3-2-4-11-33)39(52-40)37-16-19-44-41(46-37)45-32-9-6-12-34(27-32)49-25-7-20-47-21-23-48(24-22-47)29-30-14-17-43-18-15-30/h2-6,8-19,26-27H,7,20-25,29H2,1H3,(H,44,45,46). The van der Waals surface area contributed by atoms with Gasteiger partial charge in [0, 0.05) is 75.2 Å². The molecule has 7 rings (SSSR count). The zero-order valence-electron chi connectivity index (χ0n) is 28.9. The Hall–Kier alpha value is -5.25. The maximum Gasteiger partial charge on any atom is 0.227 e. The summed E-state index contributed by atoms with van der Waals surface area (Å²) in [5.74, 6) is 2.70. The summed E-state index contributed by atoms with van der Waals surface area (Å²) in [4.78, 5) is 19.5. The fourth-order valence-electron chi connectivity index (χ4n) is 6.18. The molecule has 4 heterocycles. The zero-order chi connectivity index (χ0) is 35.5. The average molecular weight is 726 g/mol. The molecule has 1 N–H and O–H groups in total. The molecule has 0 unspecified atom stereocenters. The van der Waals surface area contributed by atoms with E-state index in [9.17, 15) is 5.26 Å². The number of hydrogen-bond donors (Lipinski definition) is 1. The first-order chi connectivity index (χ1) is 25.6. The second-order valence-corrected chi connectivity index (χ2v) is 14.4. The van der Waals surface area contributed by atoms with Crippen LogP contribution >= 0.6 is 23.1 Å². The Labute approximate surface area is 312 Å². The molecule has 3 aromatic heterocycles. The molecular formula is C41H39N7O2S2. The van der Waals surface area contributed by atoms with Crippen LogP contribution in [0.15, 0.2) is 120 Å². The number of para-hydroxylation sites is 1. The van der Waals surface area contributed by atoms with Crippen molar-refractivity contribution < 1.29 is 9.47 Å². The first kappa shape index (κ1) is 35.2. The number of nitriles is 1. The number of nitrogens with one attached hydrogen (secondary N) is 1. The maximum absolute atomic E-state index is 10.3. The van der Waals surface area contributed by atoms with Crippen LogP contribution < -0.4 is 14.8 Å². The Bertz CT molecular complexity index is 2110. The van der Waals surface area contributed by atoms with E-state index in [0.717, 1.165) is 88.8 Å². The molecule has 0 amide bonds. The number of aromatic nitrogens is 3. The van der Waals surface area contributed by atoms with Gasteiger partial charge in [-0.25, -0.2) is 9.97 Å². The molecule has 0 aliphatic carbocycles. The highest BCUT2D eigenvalue weighted by atomic mass is 32.2. The number of rotatable bonds is 14. The highest BCUT2D eigenvalue weighted by molar-refractivity contribution is 8.00. The number of thioether (sulfide) groups is 1. The van der Waals surface area contributed by atoms with Crippen LogP contribution in [0.3, 0.4) is 0 Å². The van der Waals surface area contributed by atoms with Crippen molar-refractivity contribution >= 4 is 34.7 Å². The topological polar surface area (TPSA) is 99.4 Å². The quantitative estimate of drug-likeness (QED) is 0.0866. The van der Waals surface area contributed by atoms with Crippen molar-refractivity contribution in [3.63, 3.8) is 0 Å². The van der Waals surface area contributed by atoms with Gasteiger partial charge in [0.2, 0.25) is 5.95 Å². The Morgan fingerprint density at radius 2 is 1.62 bits per heavy atom. The van der Waals surface area contributed by atoms with Crippen molar-refractivity contribution in [1.82, 2.24) is 24.8 Å². The summed E-state index contributed by atoms with van der Waals surface area (Å²) in [6.45, 7) is 6.93. The lowest BCUT2D eigenvalue weighted by Gasteiger charge is -2.34. The number of ether oxygens (including phenoxy) is 2. The van der Waals surface area contributed by atoms with Gasteiger partial charge in [0.05, 0.1) is 27.0 Å². The lowest BCUT2D eigenvalue weighted by atomic mass is 10.0. The van der Waals surface area contributed by atoms with E-state index in [-0.39, 0.29) is 0 Å². The van der Waals surface area contributed by atoms with Crippen molar-refractivity contribution in [2.45, 2.75) is 17.2 Å². The Morgan fingerprint density at radius 1 is 0.846 bits per heavy atom. The minimum atomic E-state index is 0.461. The highest BCUT2D eigenvalue weighted by Gasteiger charge is 2.22. The van der Waals surface area contributed by atoms with Crippen LogP contribution in [0.4, 0.5) is 11.6 Å². The molecule has 262 valence electrons. The van der Waals surface area contributed by atoms with Crippen molar-refractivity contribution in [2.75, 3.05) is 50.9 Å². The Kier molecular flexibility index (Phi) is 11.7. The van der Waals surface area contributed by atoms with E-state index in [0.29, 0.717) is 23.9 Å². The van der Waals surface area contributed by atoms with Gasteiger partial charge in [-0.2, -0.15) is 5.26 Å². The summed E-state index contributed by atoms with van der Waals surface area (Å²) in [6, 6.07) is 33.9. The summed E-state index contributed by atoms with van der Waals surface area (Å²) in [5, 5.41) is 13.6. The van der Waals surface area contributed by atoms with Crippen LogP contribution in [0.1, 0.15) is 17.5 Å². The molecule has 0 saturated carbocycles. The number of hydrogen-bond acceptors (Lipinski definition) is 11. The number of piperazine rings is 1. The van der Waals surface area contributed by atoms with E-state index in [1.54, 1.807) is 29.3 Å². The van der Waals surface area contributed by atoms with Gasteiger partial charge in [0.25, 0.3) is 0 Å². The number of anilines is 2. The summed E-state index contributed by atoms with van der Waals surface area (Å²) >= 11 is 3.12. The van der Waals surface area contributed by atoms with E-state index in [4.69, 9.17) is 14.5 Å². The van der Waals surface area contributed by atoms with Crippen LogP contribution in [0.25, 0.3) is 21.7 Å². The third-order valence-electron chi connectivity index (χ3n) is 8.76. The number of pyridine rings is 1. The predicted molar refractivity (Wildman–Crippen MR) is 210 cm³/mol. The number of nitrogens with zero attached hydrogens (tertiary/aromatic N) is 6. The lowest BCUT2D eigenvalue weighted by molar-refractivity contribution is 0.121. The predicted octanol–water partition coefficient (Wildman–Crippen LogP) is 8.98. The molecule has 1 saturated heterocycles. The fraction of sp³-hybridized carbons (Fsp3) is 0.220. The number of thiophene rings is 1. The summed E-state index contributed by atoms with van der Waals surface area (Å²) < 4.78 is 13.2. The molecule has 1 fully saturated rings. The second kappa shape index (κ2) is 17.3. The summed E-state index contributed by atoms with van der Waals surface area (Å²) in [6.07, 6.45) is 8.42. The molecule has 52 heavy (non-hydrogen) atoms. The van der Waals surface area contributed by atoms with Gasteiger partial charge in [-0.3, -0.25) is 9.88 Å². The third-order valence-corrected chi connectivity index (χ3v) is 11.1. The van der Waals surface area contributed by atoms with Crippen LogP contribution in [-0.4, -0.2) is 70.3 Å². The minimum absolute atomic E-state index is 0.461. The van der Waals surface area contributed by atoms with E-state index in [1.165, 1.54) is 5.56 Å². The van der Waals surface area contributed by atoms with E-state index < -0.39 is 0 Å². The van der Waals surface area contributed by atoms with Crippen molar-refractivity contribution in [3.8, 4) is 45.0 Å². The van der Waals surface area contributed by atoms with Gasteiger partial charge >= 0.3 is 0 Å². The first-order valence-electron chi connectivity index (χ1n) is 17.3. The Morgan fingerprint density at radius 3 is 2.42 bits per heavy atom.